The summed E-state index contributed by atoms with van der Waals surface area (Å²) in [6, 6.07) is 3.62. The van der Waals surface area contributed by atoms with E-state index in [1.54, 1.807) is 6.07 Å². The Balaban J connectivity index is 1.98. The molecule has 106 valence electrons. The van der Waals surface area contributed by atoms with Gasteiger partial charge in [0.2, 0.25) is 0 Å². The summed E-state index contributed by atoms with van der Waals surface area (Å²) in [6.07, 6.45) is 0.724. The van der Waals surface area contributed by atoms with Crippen molar-refractivity contribution >= 4 is 30.1 Å². The largest absolute Gasteiger partial charge is 0.496 e. The second-order valence-electron chi connectivity index (χ2n) is 5.83. The second-order valence-corrected chi connectivity index (χ2v) is 6.21. The Morgan fingerprint density at radius 1 is 1.45 bits per heavy atom. The molecule has 0 aliphatic carbocycles. The summed E-state index contributed by atoms with van der Waals surface area (Å²) >= 11 is 6.47. The minimum Gasteiger partial charge on any atom is -0.402 e. The molecule has 1 N–H and O–H groups in total. The third-order valence-electron chi connectivity index (χ3n) is 4.15. The average molecular weight is 294 g/mol. The van der Waals surface area contributed by atoms with Gasteiger partial charge in [-0.2, -0.15) is 0 Å². The van der Waals surface area contributed by atoms with Crippen molar-refractivity contribution in [2.24, 2.45) is 0 Å². The monoisotopic (exact) mass is 293 g/mol. The van der Waals surface area contributed by atoms with E-state index in [4.69, 9.17) is 20.9 Å². The quantitative estimate of drug-likeness (QED) is 0.799. The highest BCUT2D eigenvalue weighted by Crippen LogP contribution is 2.29. The topological polar surface area (TPSA) is 47.6 Å². The molecular weight excluding hydrogens is 276 g/mol. The van der Waals surface area contributed by atoms with E-state index in [-0.39, 0.29) is 17.6 Å². The van der Waals surface area contributed by atoms with Gasteiger partial charge in [-0.15, -0.1) is 0 Å². The van der Waals surface area contributed by atoms with E-state index in [0.29, 0.717) is 17.1 Å². The Morgan fingerprint density at radius 3 is 2.85 bits per heavy atom. The van der Waals surface area contributed by atoms with Crippen LogP contribution in [0.5, 0.6) is 0 Å². The maximum atomic E-state index is 11.8. The molecule has 1 fully saturated rings. The third-order valence-corrected chi connectivity index (χ3v) is 4.60. The molecule has 1 amide bonds. The van der Waals surface area contributed by atoms with Crippen LogP contribution < -0.4 is 10.8 Å². The summed E-state index contributed by atoms with van der Waals surface area (Å²) in [6.45, 7) is 6.60. The first-order chi connectivity index (χ1) is 9.40. The SMILES string of the molecule is CC1OB(c2ccc3c(c2Cl)CCNC3=O)OC1(C)C. The molecule has 1 saturated heterocycles. The lowest BCUT2D eigenvalue weighted by molar-refractivity contribution is 0.0842. The lowest BCUT2D eigenvalue weighted by Crippen LogP contribution is -2.38. The van der Waals surface area contributed by atoms with E-state index >= 15 is 0 Å². The van der Waals surface area contributed by atoms with Crippen molar-refractivity contribution in [1.82, 2.24) is 5.32 Å². The molecule has 1 atom stereocenters. The molecular formula is C14H17BClNO3. The van der Waals surface area contributed by atoms with Crippen LogP contribution in [0.1, 0.15) is 36.7 Å². The molecule has 6 heteroatoms. The van der Waals surface area contributed by atoms with Gasteiger partial charge in [0.05, 0.1) is 11.7 Å². The predicted molar refractivity (Wildman–Crippen MR) is 78.6 cm³/mol. The first-order valence-corrected chi connectivity index (χ1v) is 7.20. The number of carbonyl (C=O) groups excluding carboxylic acids is 1. The van der Waals surface area contributed by atoms with Gasteiger partial charge < -0.3 is 14.6 Å². The second kappa shape index (κ2) is 4.76. The lowest BCUT2D eigenvalue weighted by atomic mass is 9.77. The van der Waals surface area contributed by atoms with E-state index in [1.165, 1.54) is 0 Å². The molecule has 1 aromatic carbocycles. The molecule has 0 saturated carbocycles. The van der Waals surface area contributed by atoms with Gasteiger partial charge in [0, 0.05) is 22.6 Å². The minimum atomic E-state index is -0.470. The van der Waals surface area contributed by atoms with Crippen LogP contribution >= 0.6 is 11.6 Å². The summed E-state index contributed by atoms with van der Waals surface area (Å²) in [4.78, 5) is 11.8. The number of hydrogen-bond acceptors (Lipinski definition) is 3. The van der Waals surface area contributed by atoms with E-state index in [0.717, 1.165) is 17.4 Å². The van der Waals surface area contributed by atoms with Gasteiger partial charge >= 0.3 is 7.12 Å². The molecule has 3 rings (SSSR count). The molecule has 1 unspecified atom stereocenters. The van der Waals surface area contributed by atoms with Crippen molar-refractivity contribution < 1.29 is 14.1 Å². The first-order valence-electron chi connectivity index (χ1n) is 6.83. The van der Waals surface area contributed by atoms with Gasteiger partial charge in [0.25, 0.3) is 5.91 Å². The normalized spacial score (nSPS) is 24.5. The number of hydrogen-bond donors (Lipinski definition) is 1. The van der Waals surface area contributed by atoms with Crippen molar-refractivity contribution in [3.63, 3.8) is 0 Å². The van der Waals surface area contributed by atoms with E-state index in [2.05, 4.69) is 5.32 Å². The van der Waals surface area contributed by atoms with Crippen LogP contribution in [0.2, 0.25) is 5.02 Å². The highest BCUT2D eigenvalue weighted by atomic mass is 35.5. The van der Waals surface area contributed by atoms with Gasteiger partial charge in [-0.25, -0.2) is 0 Å². The van der Waals surface area contributed by atoms with Crippen LogP contribution in [0.3, 0.4) is 0 Å². The third kappa shape index (κ3) is 2.14. The minimum absolute atomic E-state index is 0.0112. The summed E-state index contributed by atoms with van der Waals surface area (Å²) in [7, 11) is -0.470. The molecule has 0 aromatic heterocycles. The van der Waals surface area contributed by atoms with Crippen LogP contribution in [0.4, 0.5) is 0 Å². The Labute approximate surface area is 123 Å². The highest BCUT2D eigenvalue weighted by Gasteiger charge is 2.45. The maximum absolute atomic E-state index is 11.8. The van der Waals surface area contributed by atoms with Gasteiger partial charge in [-0.3, -0.25) is 4.79 Å². The zero-order chi connectivity index (χ0) is 14.5. The Bertz CT molecular complexity index is 576. The van der Waals surface area contributed by atoms with E-state index < -0.39 is 7.12 Å². The van der Waals surface area contributed by atoms with E-state index in [9.17, 15) is 4.79 Å². The number of rotatable bonds is 1. The van der Waals surface area contributed by atoms with Gasteiger partial charge in [0.15, 0.2) is 0 Å². The van der Waals surface area contributed by atoms with Gasteiger partial charge in [-0.05, 0) is 38.8 Å². The molecule has 2 aliphatic heterocycles. The molecule has 0 spiro atoms. The van der Waals surface area contributed by atoms with Gasteiger partial charge in [0.1, 0.15) is 0 Å². The smallest absolute Gasteiger partial charge is 0.402 e. The molecule has 1 aromatic rings. The summed E-state index contributed by atoms with van der Waals surface area (Å²) in [5.41, 5.74) is 1.99. The van der Waals surface area contributed by atoms with Crippen LogP contribution in [-0.2, 0) is 15.7 Å². The molecule has 0 bridgehead atoms. The van der Waals surface area contributed by atoms with Crippen LogP contribution in [0.25, 0.3) is 0 Å². The van der Waals surface area contributed by atoms with Crippen LogP contribution in [0, 0.1) is 0 Å². The number of fused-ring (bicyclic) bond motifs is 1. The van der Waals surface area contributed by atoms with Crippen molar-refractivity contribution in [2.45, 2.75) is 38.9 Å². The maximum Gasteiger partial charge on any atom is 0.496 e. The molecule has 2 aliphatic rings. The van der Waals surface area contributed by atoms with Gasteiger partial charge in [-0.1, -0.05) is 17.7 Å². The predicted octanol–water partition coefficient (Wildman–Crippen LogP) is 1.53. The van der Waals surface area contributed by atoms with Crippen molar-refractivity contribution in [3.8, 4) is 0 Å². The summed E-state index contributed by atoms with van der Waals surface area (Å²) in [5.74, 6) is -0.0679. The van der Waals surface area contributed by atoms with Crippen LogP contribution in [0.15, 0.2) is 12.1 Å². The van der Waals surface area contributed by atoms with Crippen molar-refractivity contribution in [2.75, 3.05) is 6.54 Å². The fourth-order valence-corrected chi connectivity index (χ4v) is 2.91. The Kier molecular flexibility index (Phi) is 3.31. The fourth-order valence-electron chi connectivity index (χ4n) is 2.56. The van der Waals surface area contributed by atoms with Crippen molar-refractivity contribution in [1.29, 1.82) is 0 Å². The molecule has 0 radical (unpaired) electrons. The highest BCUT2D eigenvalue weighted by molar-refractivity contribution is 6.65. The summed E-state index contributed by atoms with van der Waals surface area (Å²) < 4.78 is 11.8. The van der Waals surface area contributed by atoms with Crippen LogP contribution in [-0.4, -0.2) is 31.3 Å². The zero-order valence-electron chi connectivity index (χ0n) is 11.8. The number of amides is 1. The van der Waals surface area contributed by atoms with E-state index in [1.807, 2.05) is 26.8 Å². The van der Waals surface area contributed by atoms with Crippen molar-refractivity contribution in [3.05, 3.63) is 28.3 Å². The number of benzene rings is 1. The molecule has 20 heavy (non-hydrogen) atoms. The summed E-state index contributed by atoms with van der Waals surface area (Å²) in [5, 5.41) is 3.40. The molecule has 4 nitrogen and oxygen atoms in total. The zero-order valence-corrected chi connectivity index (χ0v) is 12.6. The Morgan fingerprint density at radius 2 is 2.20 bits per heavy atom. The Hall–Kier alpha value is -1.04. The standard InChI is InChI=1S/C14H17BClNO3/c1-8-14(2,3)20-15(19-8)11-5-4-10-9(12(11)16)6-7-17-13(10)18/h4-5,8H,6-7H2,1-3H3,(H,17,18). The first kappa shape index (κ1) is 13.9. The average Bonchev–Trinajstić information content (AvgIpc) is 2.65. The molecule has 2 heterocycles. The number of halogens is 1. The fraction of sp³-hybridized carbons (Fsp3) is 0.500. The number of carbonyl (C=O) groups is 1. The lowest BCUT2D eigenvalue weighted by Gasteiger charge is -2.22. The number of nitrogens with one attached hydrogen (secondary N) is 1.